The van der Waals surface area contributed by atoms with Gasteiger partial charge in [0, 0.05) is 6.54 Å². The van der Waals surface area contributed by atoms with Gasteiger partial charge in [-0.3, -0.25) is 14.6 Å². The van der Waals surface area contributed by atoms with Crippen LogP contribution in [0.3, 0.4) is 0 Å². The number of nitrogens with zero attached hydrogens (tertiary/aromatic N) is 1. The van der Waals surface area contributed by atoms with Crippen LogP contribution in [0.4, 0.5) is 0 Å². The molecule has 0 bridgehead atoms. The molecule has 1 aromatic carbocycles. The number of nitrogens with one attached hydrogen (secondary N) is 1. The predicted octanol–water partition coefficient (Wildman–Crippen LogP) is -0.216. The Bertz CT molecular complexity index is 515. The number of guanidine groups is 1. The number of hydrogen-bond acceptors (Lipinski definition) is 5. The lowest BCUT2D eigenvalue weighted by atomic mass is 10.1. The van der Waals surface area contributed by atoms with E-state index in [0.717, 1.165) is 5.56 Å². The fourth-order valence-corrected chi connectivity index (χ4v) is 1.67. The Balaban J connectivity index is 2.35. The van der Waals surface area contributed by atoms with Crippen LogP contribution in [-0.4, -0.2) is 35.6 Å². The maximum Gasteiger partial charge on any atom is 0.329 e. The summed E-state index contributed by atoms with van der Waals surface area (Å²) in [6.45, 7) is 0.311. The Morgan fingerprint density at radius 3 is 2.55 bits per heavy atom. The summed E-state index contributed by atoms with van der Waals surface area (Å²) in [4.78, 5) is 31.2. The molecule has 0 heterocycles. The number of aliphatic carboxylic acids is 1. The van der Waals surface area contributed by atoms with Crippen molar-refractivity contribution in [3.8, 4) is 0 Å². The molecule has 0 aliphatic carbocycles. The summed E-state index contributed by atoms with van der Waals surface area (Å²) in [5.74, 6) is -1.71. The van der Waals surface area contributed by atoms with Crippen LogP contribution in [0.1, 0.15) is 18.4 Å². The first-order chi connectivity index (χ1) is 10.5. The molecule has 1 atom stereocenters. The molecular weight excluding hydrogens is 288 g/mol. The van der Waals surface area contributed by atoms with Gasteiger partial charge in [-0.25, -0.2) is 0 Å². The smallest absolute Gasteiger partial charge is 0.329 e. The van der Waals surface area contributed by atoms with Gasteiger partial charge in [0.2, 0.25) is 0 Å². The molecule has 6 N–H and O–H groups in total. The Hall–Kier alpha value is -2.61. The number of benzene rings is 1. The number of aliphatic imine (C=N–C) groups is 1. The van der Waals surface area contributed by atoms with Crippen molar-refractivity contribution in [1.82, 2.24) is 5.48 Å². The van der Waals surface area contributed by atoms with Crippen LogP contribution in [0.25, 0.3) is 0 Å². The van der Waals surface area contributed by atoms with Gasteiger partial charge < -0.3 is 21.4 Å². The van der Waals surface area contributed by atoms with Crippen LogP contribution >= 0.6 is 0 Å². The number of carbonyl (C=O) groups excluding carboxylic acids is 1. The average Bonchev–Trinajstić information content (AvgIpc) is 2.46. The maximum absolute atomic E-state index is 11.6. The number of carboxylic acids is 1. The van der Waals surface area contributed by atoms with Crippen LogP contribution in [0, 0.1) is 0 Å². The number of hydroxylamine groups is 1. The lowest BCUT2D eigenvalue weighted by Crippen LogP contribution is -2.38. The summed E-state index contributed by atoms with van der Waals surface area (Å²) in [6.07, 6.45) is 0.733. The van der Waals surface area contributed by atoms with Gasteiger partial charge in [0.05, 0.1) is 6.42 Å². The second-order valence-electron chi connectivity index (χ2n) is 4.59. The minimum Gasteiger partial charge on any atom is -0.480 e. The normalized spacial score (nSPS) is 11.5. The highest BCUT2D eigenvalue weighted by Crippen LogP contribution is 2.02. The van der Waals surface area contributed by atoms with Crippen molar-refractivity contribution < 1.29 is 19.5 Å². The third-order valence-electron chi connectivity index (χ3n) is 2.75. The summed E-state index contributed by atoms with van der Waals surface area (Å²) in [6, 6.07) is 8.01. The first-order valence-corrected chi connectivity index (χ1v) is 6.76. The van der Waals surface area contributed by atoms with Crippen molar-refractivity contribution in [2.45, 2.75) is 25.3 Å². The van der Waals surface area contributed by atoms with Gasteiger partial charge in [-0.2, -0.15) is 0 Å². The van der Waals surface area contributed by atoms with Crippen molar-refractivity contribution in [1.29, 1.82) is 0 Å². The second-order valence-corrected chi connectivity index (χ2v) is 4.59. The number of nitrogens with two attached hydrogens (primary N) is 2. The molecule has 1 rings (SSSR count). The van der Waals surface area contributed by atoms with E-state index in [9.17, 15) is 9.59 Å². The second kappa shape index (κ2) is 9.35. The molecule has 0 fully saturated rings. The topological polar surface area (TPSA) is 140 Å². The number of hydrogen-bond donors (Lipinski definition) is 4. The Labute approximate surface area is 128 Å². The summed E-state index contributed by atoms with van der Waals surface area (Å²) < 4.78 is 0. The highest BCUT2D eigenvalue weighted by atomic mass is 16.7. The zero-order chi connectivity index (χ0) is 16.4. The van der Waals surface area contributed by atoms with E-state index in [0.29, 0.717) is 13.0 Å². The monoisotopic (exact) mass is 308 g/mol. The molecule has 8 heteroatoms. The van der Waals surface area contributed by atoms with E-state index in [4.69, 9.17) is 21.4 Å². The molecule has 8 nitrogen and oxygen atoms in total. The summed E-state index contributed by atoms with van der Waals surface area (Å²) in [5.41, 5.74) is 13.4. The molecule has 0 aliphatic rings. The predicted molar refractivity (Wildman–Crippen MR) is 80.7 cm³/mol. The zero-order valence-electron chi connectivity index (χ0n) is 12.1. The summed E-state index contributed by atoms with van der Waals surface area (Å²) in [7, 11) is 0. The van der Waals surface area contributed by atoms with Crippen LogP contribution in [0.5, 0.6) is 0 Å². The molecule has 0 saturated carbocycles. The lowest BCUT2D eigenvalue weighted by molar-refractivity contribution is -0.157. The largest absolute Gasteiger partial charge is 0.480 e. The van der Waals surface area contributed by atoms with Crippen LogP contribution in [0.15, 0.2) is 35.3 Å². The van der Waals surface area contributed by atoms with Crippen LogP contribution in [-0.2, 0) is 20.8 Å². The first kappa shape index (κ1) is 17.4. The van der Waals surface area contributed by atoms with E-state index in [2.05, 4.69) is 10.5 Å². The molecule has 1 aromatic rings. The molecule has 0 unspecified atom stereocenters. The van der Waals surface area contributed by atoms with Crippen molar-refractivity contribution in [2.75, 3.05) is 6.54 Å². The fourth-order valence-electron chi connectivity index (χ4n) is 1.67. The van der Waals surface area contributed by atoms with Crippen LogP contribution in [0.2, 0.25) is 0 Å². The molecule has 0 saturated heterocycles. The van der Waals surface area contributed by atoms with E-state index < -0.39 is 18.0 Å². The molecule has 0 amide bonds. The Kier molecular flexibility index (Phi) is 7.41. The molecule has 120 valence electrons. The molecule has 0 radical (unpaired) electrons. The minimum atomic E-state index is -1.11. The van der Waals surface area contributed by atoms with Gasteiger partial charge in [0.1, 0.15) is 6.04 Å². The van der Waals surface area contributed by atoms with Gasteiger partial charge in [0.25, 0.3) is 0 Å². The van der Waals surface area contributed by atoms with Crippen molar-refractivity contribution in [3.63, 3.8) is 0 Å². The highest BCUT2D eigenvalue weighted by Gasteiger charge is 2.18. The Morgan fingerprint density at radius 1 is 1.27 bits per heavy atom. The van der Waals surface area contributed by atoms with E-state index in [1.165, 1.54) is 0 Å². The summed E-state index contributed by atoms with van der Waals surface area (Å²) >= 11 is 0. The van der Waals surface area contributed by atoms with Gasteiger partial charge in [-0.1, -0.05) is 30.3 Å². The SMILES string of the molecule is NC(N)=NCCC[C@@H](NOC(=O)Cc1ccccc1)C(=O)O. The molecule has 0 spiro atoms. The summed E-state index contributed by atoms with van der Waals surface area (Å²) in [5, 5.41) is 9.05. The molecule has 22 heavy (non-hydrogen) atoms. The zero-order valence-corrected chi connectivity index (χ0v) is 12.1. The van der Waals surface area contributed by atoms with Crippen molar-refractivity contribution in [2.24, 2.45) is 16.5 Å². The Morgan fingerprint density at radius 2 is 1.95 bits per heavy atom. The van der Waals surface area contributed by atoms with E-state index in [-0.39, 0.29) is 18.8 Å². The standard InChI is InChI=1S/C14H20N4O4/c15-14(16)17-8-4-7-11(13(20)21)18-22-12(19)9-10-5-2-1-3-6-10/h1-3,5-6,11,18H,4,7-9H2,(H,20,21)(H4,15,16,17)/t11-/m1/s1. The molecule has 0 aliphatic heterocycles. The lowest BCUT2D eigenvalue weighted by Gasteiger charge is -2.13. The van der Waals surface area contributed by atoms with Crippen molar-refractivity contribution >= 4 is 17.9 Å². The quantitative estimate of drug-likeness (QED) is 0.214. The average molecular weight is 308 g/mol. The fraction of sp³-hybridized carbons (Fsp3) is 0.357. The van der Waals surface area contributed by atoms with E-state index >= 15 is 0 Å². The number of carbonyl (C=O) groups is 2. The third-order valence-corrected chi connectivity index (χ3v) is 2.75. The van der Waals surface area contributed by atoms with Gasteiger partial charge in [-0.05, 0) is 18.4 Å². The highest BCUT2D eigenvalue weighted by molar-refractivity contribution is 5.76. The van der Waals surface area contributed by atoms with Gasteiger partial charge in [0.15, 0.2) is 5.96 Å². The van der Waals surface area contributed by atoms with E-state index in [1.54, 1.807) is 24.3 Å². The van der Waals surface area contributed by atoms with Gasteiger partial charge in [-0.15, -0.1) is 5.48 Å². The number of rotatable bonds is 9. The van der Waals surface area contributed by atoms with Crippen LogP contribution < -0.4 is 16.9 Å². The molecular formula is C14H20N4O4. The minimum absolute atomic E-state index is 0.0471. The third kappa shape index (κ3) is 7.25. The molecule has 0 aromatic heterocycles. The van der Waals surface area contributed by atoms with E-state index in [1.807, 2.05) is 6.07 Å². The van der Waals surface area contributed by atoms with Crippen molar-refractivity contribution in [3.05, 3.63) is 35.9 Å². The maximum atomic E-state index is 11.6. The van der Waals surface area contributed by atoms with Gasteiger partial charge >= 0.3 is 11.9 Å². The number of carboxylic acid groups (broad SMARTS) is 1. The first-order valence-electron chi connectivity index (χ1n) is 6.76.